The first kappa shape index (κ1) is 15.2. The van der Waals surface area contributed by atoms with E-state index < -0.39 is 0 Å². The number of allylic oxidation sites excluding steroid dienone is 3. The van der Waals surface area contributed by atoms with Gasteiger partial charge in [-0.2, -0.15) is 0 Å². The maximum Gasteiger partial charge on any atom is 0.0215 e. The molecule has 0 spiro atoms. The molecule has 1 heteroatoms. The molecule has 0 radical (unpaired) electrons. The summed E-state index contributed by atoms with van der Waals surface area (Å²) in [6, 6.07) is 8.79. The number of hydrogen-bond acceptors (Lipinski definition) is 0. The maximum absolute atomic E-state index is 3.39. The Hall–Kier alpha value is -0.820. The summed E-state index contributed by atoms with van der Waals surface area (Å²) in [5.74, 6) is 0. The van der Waals surface area contributed by atoms with Gasteiger partial charge in [0, 0.05) is 5.33 Å². The van der Waals surface area contributed by atoms with Gasteiger partial charge in [-0.3, -0.25) is 0 Å². The summed E-state index contributed by atoms with van der Waals surface area (Å²) < 4.78 is 0. The third-order valence-electron chi connectivity index (χ3n) is 2.87. The molecule has 0 N–H and O–H groups in total. The molecular weight excluding hydrogens is 284 g/mol. The molecule has 0 nitrogen and oxygen atoms in total. The molecule has 0 bridgehead atoms. The molecule has 0 unspecified atom stereocenters. The van der Waals surface area contributed by atoms with E-state index in [0.717, 1.165) is 11.8 Å². The molecule has 0 saturated carbocycles. The van der Waals surface area contributed by atoms with E-state index in [9.17, 15) is 0 Å². The van der Waals surface area contributed by atoms with Crippen LogP contribution in [0.25, 0.3) is 6.08 Å². The fourth-order valence-corrected chi connectivity index (χ4v) is 1.98. The van der Waals surface area contributed by atoms with Crippen LogP contribution in [0.15, 0.2) is 42.5 Å². The van der Waals surface area contributed by atoms with Crippen LogP contribution in [-0.2, 0) is 6.42 Å². The van der Waals surface area contributed by atoms with Crippen molar-refractivity contribution in [2.75, 3.05) is 5.33 Å². The van der Waals surface area contributed by atoms with Gasteiger partial charge in [-0.1, -0.05) is 84.3 Å². The second-order valence-electron chi connectivity index (χ2n) is 4.47. The first-order chi connectivity index (χ1) is 8.86. The van der Waals surface area contributed by atoms with E-state index in [2.05, 4.69) is 71.4 Å². The maximum atomic E-state index is 3.39. The standard InChI is InChI=1S/C17H23Br/c1-2-3-4-5-6-7-9-16-11-13-17(14-12-16)10-8-15-18/h6-8,10-14H,2-5,9,15H2,1H3. The van der Waals surface area contributed by atoms with Crippen molar-refractivity contribution in [2.45, 2.75) is 39.0 Å². The monoisotopic (exact) mass is 306 g/mol. The Kier molecular flexibility index (Phi) is 8.58. The van der Waals surface area contributed by atoms with Crippen LogP contribution >= 0.6 is 15.9 Å². The minimum absolute atomic E-state index is 0.912. The van der Waals surface area contributed by atoms with Gasteiger partial charge in [0.15, 0.2) is 0 Å². The van der Waals surface area contributed by atoms with Crippen LogP contribution in [0, 0.1) is 0 Å². The molecule has 0 fully saturated rings. The minimum atomic E-state index is 0.912. The fourth-order valence-electron chi connectivity index (χ4n) is 1.79. The molecule has 1 aromatic carbocycles. The van der Waals surface area contributed by atoms with E-state index in [1.165, 1.54) is 36.8 Å². The normalized spacial score (nSPS) is 11.7. The molecular formula is C17H23Br. The third-order valence-corrected chi connectivity index (χ3v) is 3.25. The van der Waals surface area contributed by atoms with E-state index in [-0.39, 0.29) is 0 Å². The molecule has 0 saturated heterocycles. The van der Waals surface area contributed by atoms with Gasteiger partial charge in [-0.15, -0.1) is 0 Å². The number of hydrogen-bond donors (Lipinski definition) is 0. The topological polar surface area (TPSA) is 0 Å². The zero-order valence-electron chi connectivity index (χ0n) is 11.2. The third kappa shape index (κ3) is 6.80. The van der Waals surface area contributed by atoms with Crippen molar-refractivity contribution in [1.29, 1.82) is 0 Å². The molecule has 18 heavy (non-hydrogen) atoms. The van der Waals surface area contributed by atoms with Gasteiger partial charge in [0.2, 0.25) is 0 Å². The van der Waals surface area contributed by atoms with Gasteiger partial charge in [0.25, 0.3) is 0 Å². The second kappa shape index (κ2) is 10.1. The van der Waals surface area contributed by atoms with Crippen LogP contribution in [0.3, 0.4) is 0 Å². The van der Waals surface area contributed by atoms with Crippen LogP contribution < -0.4 is 0 Å². The van der Waals surface area contributed by atoms with Crippen molar-refractivity contribution < 1.29 is 0 Å². The molecule has 0 aromatic heterocycles. The van der Waals surface area contributed by atoms with Gasteiger partial charge in [-0.05, 0) is 30.4 Å². The molecule has 1 rings (SSSR count). The molecule has 1 aromatic rings. The quantitative estimate of drug-likeness (QED) is 0.325. The van der Waals surface area contributed by atoms with Crippen molar-refractivity contribution in [3.05, 3.63) is 53.6 Å². The van der Waals surface area contributed by atoms with E-state index in [0.29, 0.717) is 0 Å². The van der Waals surface area contributed by atoms with Crippen LogP contribution in [0.1, 0.15) is 43.7 Å². The fraction of sp³-hybridized carbons (Fsp3) is 0.412. The number of alkyl halides is 1. The Balaban J connectivity index is 2.32. The second-order valence-corrected chi connectivity index (χ2v) is 5.12. The Bertz CT molecular complexity index is 360. The minimum Gasteiger partial charge on any atom is -0.0883 e. The predicted octanol–water partition coefficient (Wildman–Crippen LogP) is 5.77. The summed E-state index contributed by atoms with van der Waals surface area (Å²) >= 11 is 3.39. The highest BCUT2D eigenvalue weighted by Gasteiger charge is 1.90. The molecule has 98 valence electrons. The highest BCUT2D eigenvalue weighted by atomic mass is 79.9. The average Bonchev–Trinajstić information content (AvgIpc) is 2.42. The Morgan fingerprint density at radius 3 is 2.44 bits per heavy atom. The lowest BCUT2D eigenvalue weighted by Gasteiger charge is -1.98. The van der Waals surface area contributed by atoms with Gasteiger partial charge in [0.05, 0.1) is 0 Å². The van der Waals surface area contributed by atoms with Gasteiger partial charge in [-0.25, -0.2) is 0 Å². The van der Waals surface area contributed by atoms with Gasteiger partial charge in [0.1, 0.15) is 0 Å². The molecule has 0 atom stereocenters. The summed E-state index contributed by atoms with van der Waals surface area (Å²) in [5.41, 5.74) is 2.66. The zero-order chi connectivity index (χ0) is 13.1. The predicted molar refractivity (Wildman–Crippen MR) is 86.3 cm³/mol. The van der Waals surface area contributed by atoms with Crippen LogP contribution in [0.2, 0.25) is 0 Å². The summed E-state index contributed by atoms with van der Waals surface area (Å²) in [6.07, 6.45) is 15.1. The summed E-state index contributed by atoms with van der Waals surface area (Å²) in [7, 11) is 0. The number of rotatable bonds is 8. The molecule has 0 aliphatic heterocycles. The average molecular weight is 307 g/mol. The highest BCUT2D eigenvalue weighted by molar-refractivity contribution is 9.09. The van der Waals surface area contributed by atoms with E-state index >= 15 is 0 Å². The van der Waals surface area contributed by atoms with Crippen molar-refractivity contribution in [1.82, 2.24) is 0 Å². The number of benzene rings is 1. The molecule has 0 heterocycles. The largest absolute Gasteiger partial charge is 0.0883 e. The van der Waals surface area contributed by atoms with Gasteiger partial charge >= 0.3 is 0 Å². The van der Waals surface area contributed by atoms with E-state index in [1.54, 1.807) is 0 Å². The first-order valence-electron chi connectivity index (χ1n) is 6.83. The first-order valence-corrected chi connectivity index (χ1v) is 7.95. The number of halogens is 1. The van der Waals surface area contributed by atoms with Crippen LogP contribution in [0.5, 0.6) is 0 Å². The highest BCUT2D eigenvalue weighted by Crippen LogP contribution is 2.08. The Morgan fingerprint density at radius 2 is 1.78 bits per heavy atom. The van der Waals surface area contributed by atoms with Crippen molar-refractivity contribution in [3.8, 4) is 0 Å². The lowest BCUT2D eigenvalue weighted by Crippen LogP contribution is -1.81. The van der Waals surface area contributed by atoms with E-state index in [4.69, 9.17) is 0 Å². The van der Waals surface area contributed by atoms with Crippen LogP contribution in [-0.4, -0.2) is 5.33 Å². The van der Waals surface area contributed by atoms with Gasteiger partial charge < -0.3 is 0 Å². The summed E-state index contributed by atoms with van der Waals surface area (Å²) in [5, 5.41) is 0.912. The van der Waals surface area contributed by atoms with Crippen LogP contribution in [0.4, 0.5) is 0 Å². The zero-order valence-corrected chi connectivity index (χ0v) is 12.8. The Morgan fingerprint density at radius 1 is 1.00 bits per heavy atom. The SMILES string of the molecule is CCCCCC=CCc1ccc(C=CCBr)cc1. The van der Waals surface area contributed by atoms with Crippen molar-refractivity contribution in [3.63, 3.8) is 0 Å². The number of unbranched alkanes of at least 4 members (excludes halogenated alkanes) is 3. The lowest BCUT2D eigenvalue weighted by molar-refractivity contribution is 0.728. The van der Waals surface area contributed by atoms with Crippen molar-refractivity contribution >= 4 is 22.0 Å². The Labute approximate surface area is 120 Å². The lowest BCUT2D eigenvalue weighted by atomic mass is 10.1. The van der Waals surface area contributed by atoms with Crippen molar-refractivity contribution in [2.24, 2.45) is 0 Å². The summed E-state index contributed by atoms with van der Waals surface area (Å²) in [6.45, 7) is 2.25. The molecule has 0 aliphatic carbocycles. The molecule has 0 amide bonds. The smallest absolute Gasteiger partial charge is 0.0215 e. The molecule has 0 aliphatic rings. The van der Waals surface area contributed by atoms with E-state index in [1.807, 2.05) is 0 Å². The summed E-state index contributed by atoms with van der Waals surface area (Å²) in [4.78, 5) is 0.